The molecule has 0 saturated heterocycles. The number of thiophene rings is 1. The van der Waals surface area contributed by atoms with Gasteiger partial charge in [0.15, 0.2) is 0 Å². The molecule has 1 atom stereocenters. The summed E-state index contributed by atoms with van der Waals surface area (Å²) in [4.78, 5) is -0.406. The quantitative estimate of drug-likeness (QED) is 0.299. The minimum Gasteiger partial charge on any atom is -0.207 e. The second kappa shape index (κ2) is 5.99. The zero-order valence-corrected chi connectivity index (χ0v) is 15.6. The molecule has 0 bridgehead atoms. The molecule has 2 rings (SSSR count). The average Bonchev–Trinajstić information content (AvgIpc) is 2.62. The molecule has 0 saturated carbocycles. The van der Waals surface area contributed by atoms with Crippen molar-refractivity contribution in [1.82, 2.24) is 0 Å². The van der Waals surface area contributed by atoms with E-state index in [-0.39, 0.29) is 10.0 Å². The predicted molar refractivity (Wildman–Crippen MR) is 84.5 cm³/mol. The molecule has 0 N–H and O–H groups in total. The Bertz CT molecular complexity index is 597. The summed E-state index contributed by atoms with van der Waals surface area (Å²) in [6, 6.07) is 4.19. The van der Waals surface area contributed by atoms with Gasteiger partial charge >= 0.3 is 0 Å². The van der Waals surface area contributed by atoms with Crippen molar-refractivity contribution in [2.45, 2.75) is 4.83 Å². The van der Waals surface area contributed by atoms with Crippen LogP contribution in [-0.2, 0) is 0 Å². The molecule has 7 heteroatoms. The van der Waals surface area contributed by atoms with Crippen LogP contribution in [0.25, 0.3) is 0 Å². The largest absolute Gasteiger partial charge is 0.207 e. The fraction of sp³-hybridized carbons (Fsp3) is 0.0909. The number of rotatable bonds is 2. The number of alkyl halides is 1. The molecule has 0 nitrogen and oxygen atoms in total. The van der Waals surface area contributed by atoms with Gasteiger partial charge in [-0.15, -0.1) is 11.3 Å². The van der Waals surface area contributed by atoms with E-state index in [1.807, 2.05) is 6.07 Å². The van der Waals surface area contributed by atoms with E-state index in [4.69, 9.17) is 0 Å². The van der Waals surface area contributed by atoms with Crippen LogP contribution in [-0.4, -0.2) is 0 Å². The van der Waals surface area contributed by atoms with Crippen LogP contribution in [0.15, 0.2) is 30.2 Å². The molecular formula is C11H4Br4F2S. The van der Waals surface area contributed by atoms with Crippen molar-refractivity contribution in [1.29, 1.82) is 0 Å². The topological polar surface area (TPSA) is 0 Å². The van der Waals surface area contributed by atoms with E-state index in [0.29, 0.717) is 0 Å². The van der Waals surface area contributed by atoms with Crippen molar-refractivity contribution in [2.24, 2.45) is 0 Å². The van der Waals surface area contributed by atoms with Crippen LogP contribution in [0.4, 0.5) is 8.78 Å². The fourth-order valence-electron chi connectivity index (χ4n) is 1.43. The molecule has 0 aliphatic carbocycles. The highest BCUT2D eigenvalue weighted by Crippen LogP contribution is 2.43. The van der Waals surface area contributed by atoms with Gasteiger partial charge in [-0.1, -0.05) is 15.9 Å². The van der Waals surface area contributed by atoms with Crippen molar-refractivity contribution >= 4 is 75.1 Å². The number of benzene rings is 1. The third-order valence-corrected chi connectivity index (χ3v) is 6.25. The Hall–Kier alpha value is 0.700. The molecule has 1 aromatic heterocycles. The lowest BCUT2D eigenvalue weighted by molar-refractivity contribution is 0.583. The maximum absolute atomic E-state index is 13.9. The van der Waals surface area contributed by atoms with Crippen LogP contribution in [0, 0.1) is 11.6 Å². The molecular weight excluding hydrogens is 522 g/mol. The van der Waals surface area contributed by atoms with Gasteiger partial charge < -0.3 is 0 Å². The first-order valence-corrected chi connectivity index (χ1v) is 8.74. The van der Waals surface area contributed by atoms with Gasteiger partial charge in [0, 0.05) is 5.56 Å². The van der Waals surface area contributed by atoms with Crippen LogP contribution >= 0.6 is 75.1 Å². The number of hydrogen-bond acceptors (Lipinski definition) is 1. The van der Waals surface area contributed by atoms with Gasteiger partial charge in [-0.05, 0) is 71.6 Å². The Balaban J connectivity index is 2.49. The van der Waals surface area contributed by atoms with Crippen LogP contribution in [0.5, 0.6) is 0 Å². The molecule has 0 amide bonds. The second-order valence-electron chi connectivity index (χ2n) is 3.43. The van der Waals surface area contributed by atoms with E-state index in [1.54, 1.807) is 0 Å². The van der Waals surface area contributed by atoms with Gasteiger partial charge in [0.05, 0.1) is 16.9 Å². The Kier molecular flexibility index (Phi) is 5.03. The van der Waals surface area contributed by atoms with Gasteiger partial charge in [0.25, 0.3) is 0 Å². The minimum atomic E-state index is -0.485. The Morgan fingerprint density at radius 1 is 0.944 bits per heavy atom. The fourth-order valence-corrected chi connectivity index (χ4v) is 5.81. The van der Waals surface area contributed by atoms with Gasteiger partial charge in [0.1, 0.15) is 11.6 Å². The predicted octanol–water partition coefficient (Wildman–Crippen LogP) is 6.80. The van der Waals surface area contributed by atoms with Crippen molar-refractivity contribution < 1.29 is 8.78 Å². The zero-order valence-electron chi connectivity index (χ0n) is 8.49. The summed E-state index contributed by atoms with van der Waals surface area (Å²) in [6.45, 7) is 0. The van der Waals surface area contributed by atoms with E-state index in [0.717, 1.165) is 19.2 Å². The first-order chi connectivity index (χ1) is 8.40. The number of hydrogen-bond donors (Lipinski definition) is 0. The molecule has 1 aromatic carbocycles. The molecule has 0 fully saturated rings. The highest BCUT2D eigenvalue weighted by atomic mass is 79.9. The lowest BCUT2D eigenvalue weighted by Gasteiger charge is -2.11. The Labute approximate surface area is 140 Å². The summed E-state index contributed by atoms with van der Waals surface area (Å²) in [5, 5.41) is 0. The molecule has 1 unspecified atom stereocenters. The van der Waals surface area contributed by atoms with E-state index in [2.05, 4.69) is 63.7 Å². The van der Waals surface area contributed by atoms with Gasteiger partial charge in [-0.25, -0.2) is 8.78 Å². The highest BCUT2D eigenvalue weighted by molar-refractivity contribution is 9.12. The summed E-state index contributed by atoms with van der Waals surface area (Å²) in [6.07, 6.45) is 0. The molecule has 1 heterocycles. The van der Waals surface area contributed by atoms with Gasteiger partial charge in [-0.2, -0.15) is 0 Å². The molecule has 96 valence electrons. The Morgan fingerprint density at radius 2 is 1.61 bits per heavy atom. The van der Waals surface area contributed by atoms with E-state index in [9.17, 15) is 8.78 Å². The summed E-state index contributed by atoms with van der Waals surface area (Å²) in [7, 11) is 0. The van der Waals surface area contributed by atoms with E-state index in [1.165, 1.54) is 17.4 Å². The monoisotopic (exact) mass is 522 g/mol. The zero-order chi connectivity index (χ0) is 13.4. The smallest absolute Gasteiger partial charge is 0.137 e. The standard InChI is InChI=1S/C11H4Br4F2S/c12-6-3-7(16)4(1-8(6)17)10(14)5-2-9(13)18-11(5)15/h1-3,10H. The molecule has 18 heavy (non-hydrogen) atoms. The van der Waals surface area contributed by atoms with Crippen LogP contribution in [0.3, 0.4) is 0 Å². The average molecular weight is 526 g/mol. The van der Waals surface area contributed by atoms with Crippen LogP contribution in [0.1, 0.15) is 16.0 Å². The van der Waals surface area contributed by atoms with Gasteiger partial charge in [0.2, 0.25) is 0 Å². The lowest BCUT2D eigenvalue weighted by Crippen LogP contribution is -1.98. The molecule has 0 aliphatic heterocycles. The highest BCUT2D eigenvalue weighted by Gasteiger charge is 2.21. The Morgan fingerprint density at radius 3 is 2.17 bits per heavy atom. The normalized spacial score (nSPS) is 12.8. The molecule has 0 spiro atoms. The SMILES string of the molecule is Fc1cc(C(Br)c2cc(Br)sc2Br)c(F)cc1Br. The van der Waals surface area contributed by atoms with Crippen molar-refractivity contribution in [2.75, 3.05) is 0 Å². The molecule has 0 radical (unpaired) electrons. The van der Waals surface area contributed by atoms with Crippen molar-refractivity contribution in [3.05, 3.63) is 53.0 Å². The summed E-state index contributed by atoms with van der Waals surface area (Å²) < 4.78 is 29.3. The van der Waals surface area contributed by atoms with Crippen molar-refractivity contribution in [3.8, 4) is 0 Å². The minimum absolute atomic E-state index is 0.119. The maximum Gasteiger partial charge on any atom is 0.137 e. The summed E-state index contributed by atoms with van der Waals surface area (Å²) in [5.74, 6) is -0.944. The maximum atomic E-state index is 13.9. The lowest BCUT2D eigenvalue weighted by atomic mass is 10.1. The van der Waals surface area contributed by atoms with Gasteiger partial charge in [-0.3, -0.25) is 0 Å². The second-order valence-corrected chi connectivity index (χ2v) is 8.95. The number of halogens is 6. The molecule has 2 aromatic rings. The van der Waals surface area contributed by atoms with E-state index < -0.39 is 16.5 Å². The summed E-state index contributed by atoms with van der Waals surface area (Å²) in [5.41, 5.74) is 1.12. The molecule has 0 aliphatic rings. The van der Waals surface area contributed by atoms with E-state index >= 15 is 0 Å². The van der Waals surface area contributed by atoms with Crippen LogP contribution < -0.4 is 0 Å². The third kappa shape index (κ3) is 3.06. The summed E-state index contributed by atoms with van der Waals surface area (Å²) >= 11 is 14.6. The first kappa shape index (κ1) is 15.1. The first-order valence-electron chi connectivity index (χ1n) is 4.63. The van der Waals surface area contributed by atoms with Crippen LogP contribution in [0.2, 0.25) is 0 Å². The third-order valence-electron chi connectivity index (χ3n) is 2.27. The van der Waals surface area contributed by atoms with Crippen molar-refractivity contribution in [3.63, 3.8) is 0 Å².